The average Bonchev–Trinajstić information content (AvgIpc) is 3.42. The van der Waals surface area contributed by atoms with E-state index in [1.54, 1.807) is 0 Å². The first kappa shape index (κ1) is 30.5. The van der Waals surface area contributed by atoms with Gasteiger partial charge in [0.25, 0.3) is 5.91 Å². The third-order valence-electron chi connectivity index (χ3n) is 9.37. The molecule has 13 nitrogen and oxygen atoms in total. The average molecular weight is 599 g/mol. The number of carbonyl (C=O) groups is 4. The Labute approximate surface area is 248 Å². The first-order valence-corrected chi connectivity index (χ1v) is 14.5. The lowest BCUT2D eigenvalue weighted by Gasteiger charge is -2.49. The van der Waals surface area contributed by atoms with Gasteiger partial charge < -0.3 is 41.5 Å². The molecule has 2 amide bonds. The Morgan fingerprint density at radius 3 is 2.56 bits per heavy atom. The van der Waals surface area contributed by atoms with Gasteiger partial charge in [-0.05, 0) is 50.8 Å². The number of nitrogens with two attached hydrogens (primary N) is 1. The molecule has 5 atom stereocenters. The standard InChI is InChI=1S/C30H38N4O9/c1-4-34-9-5-6-18(34)15-12-19(36)21-16(26(15)43-3)10-14-11-17-23(33-8-7-32-13(2)35)25(38)22(29(31)41)28(40)30(17,42)27(39)20(14)24(21)37/h12,14,17-18,23,33,36-37,40,42H,4-11H2,1-3H3,(H2,31,41)(H,32,35)/t14-,17-,18-,23-,30-/m0/s1. The molecule has 2 fully saturated rings. The third-order valence-corrected chi connectivity index (χ3v) is 9.37. The Morgan fingerprint density at radius 2 is 1.93 bits per heavy atom. The molecule has 8 N–H and O–H groups in total. The molecule has 43 heavy (non-hydrogen) atoms. The maximum Gasteiger partial charge on any atom is 0.255 e. The SMILES string of the molecule is CCN1CCC[C@H]1c1cc(O)c2c(c1OC)C[C@H]1C[C@H]3[C@H](NCCNC(C)=O)C(=O)C(C(N)=O)=C(O)[C@@]3(O)C(=O)C1=C2O. The van der Waals surface area contributed by atoms with Crippen LogP contribution in [0.1, 0.15) is 55.8 Å². The Morgan fingerprint density at radius 1 is 1.21 bits per heavy atom. The number of phenolic OH excluding ortho intramolecular Hbond substituents is 1. The van der Waals surface area contributed by atoms with Crippen molar-refractivity contribution in [2.24, 2.45) is 17.6 Å². The Balaban J connectivity index is 1.63. The number of nitrogens with one attached hydrogen (secondary N) is 2. The zero-order valence-electron chi connectivity index (χ0n) is 24.4. The molecule has 13 heteroatoms. The molecule has 1 heterocycles. The minimum Gasteiger partial charge on any atom is -0.508 e. The summed E-state index contributed by atoms with van der Waals surface area (Å²) in [5, 5.41) is 51.0. The van der Waals surface area contributed by atoms with Gasteiger partial charge in [-0.25, -0.2) is 0 Å². The number of hydrogen-bond acceptors (Lipinski definition) is 11. The number of methoxy groups -OCH3 is 1. The van der Waals surface area contributed by atoms with Crippen LogP contribution in [-0.2, 0) is 25.6 Å². The summed E-state index contributed by atoms with van der Waals surface area (Å²) in [6.07, 6.45) is 1.91. The van der Waals surface area contributed by atoms with Gasteiger partial charge in [-0.3, -0.25) is 24.1 Å². The molecule has 3 aliphatic carbocycles. The fourth-order valence-electron chi connectivity index (χ4n) is 7.50. The number of likely N-dealkylation sites (tertiary alicyclic amines) is 1. The summed E-state index contributed by atoms with van der Waals surface area (Å²) in [6, 6.07) is 0.211. The number of rotatable bonds is 8. The Hall–Kier alpha value is -3.94. The van der Waals surface area contributed by atoms with E-state index in [-0.39, 0.29) is 54.8 Å². The van der Waals surface area contributed by atoms with E-state index in [0.29, 0.717) is 11.3 Å². The predicted molar refractivity (Wildman–Crippen MR) is 153 cm³/mol. The van der Waals surface area contributed by atoms with Crippen LogP contribution >= 0.6 is 0 Å². The molecule has 1 saturated heterocycles. The zero-order chi connectivity index (χ0) is 31.4. The molecule has 232 valence electrons. The predicted octanol–water partition coefficient (Wildman–Crippen LogP) is 0.294. The van der Waals surface area contributed by atoms with Crippen LogP contribution in [0, 0.1) is 11.8 Å². The van der Waals surface area contributed by atoms with Crippen LogP contribution < -0.4 is 21.1 Å². The number of carbonyl (C=O) groups excluding carboxylic acids is 4. The normalized spacial score (nSPS) is 28.8. The molecule has 1 aliphatic heterocycles. The van der Waals surface area contributed by atoms with E-state index in [4.69, 9.17) is 10.5 Å². The number of ether oxygens (including phenoxy) is 1. The Kier molecular flexibility index (Phi) is 8.01. The van der Waals surface area contributed by atoms with Crippen molar-refractivity contribution in [2.45, 2.75) is 57.2 Å². The lowest BCUT2D eigenvalue weighted by molar-refractivity contribution is -0.150. The second-order valence-electron chi connectivity index (χ2n) is 11.6. The number of benzene rings is 1. The van der Waals surface area contributed by atoms with Crippen molar-refractivity contribution in [2.75, 3.05) is 33.3 Å². The van der Waals surface area contributed by atoms with Crippen LogP contribution in [0.3, 0.4) is 0 Å². The van der Waals surface area contributed by atoms with Crippen LogP contribution in [0.2, 0.25) is 0 Å². The molecular weight excluding hydrogens is 560 g/mol. The smallest absolute Gasteiger partial charge is 0.255 e. The van der Waals surface area contributed by atoms with E-state index in [2.05, 4.69) is 22.5 Å². The van der Waals surface area contributed by atoms with Gasteiger partial charge in [-0.1, -0.05) is 6.92 Å². The molecule has 1 aromatic carbocycles. The van der Waals surface area contributed by atoms with Crippen LogP contribution in [0.15, 0.2) is 23.0 Å². The van der Waals surface area contributed by atoms with E-state index in [0.717, 1.165) is 31.5 Å². The summed E-state index contributed by atoms with van der Waals surface area (Å²) in [5.74, 6) is -7.08. The van der Waals surface area contributed by atoms with E-state index in [9.17, 15) is 39.6 Å². The van der Waals surface area contributed by atoms with Crippen LogP contribution in [-0.4, -0.2) is 93.6 Å². The molecule has 0 aromatic heterocycles. The van der Waals surface area contributed by atoms with E-state index >= 15 is 0 Å². The number of nitrogens with zero attached hydrogens (tertiary/aromatic N) is 1. The summed E-state index contributed by atoms with van der Waals surface area (Å²) in [5.41, 5.74) is 2.76. The second-order valence-corrected chi connectivity index (χ2v) is 11.6. The van der Waals surface area contributed by atoms with Crippen LogP contribution in [0.4, 0.5) is 0 Å². The fourth-order valence-corrected chi connectivity index (χ4v) is 7.50. The first-order valence-electron chi connectivity index (χ1n) is 14.5. The van der Waals surface area contributed by atoms with E-state index in [1.165, 1.54) is 20.1 Å². The lowest BCUT2D eigenvalue weighted by atomic mass is 9.57. The van der Waals surface area contributed by atoms with Gasteiger partial charge in [0, 0.05) is 48.7 Å². The number of aromatic hydroxyl groups is 1. The lowest BCUT2D eigenvalue weighted by Crippen LogP contribution is -2.66. The zero-order valence-corrected chi connectivity index (χ0v) is 24.4. The summed E-state index contributed by atoms with van der Waals surface area (Å²) >= 11 is 0. The topological polar surface area (TPSA) is 212 Å². The number of hydrogen-bond donors (Lipinski definition) is 7. The quantitative estimate of drug-likeness (QED) is 0.160. The molecule has 4 aliphatic rings. The van der Waals surface area contributed by atoms with Crippen molar-refractivity contribution >= 4 is 29.1 Å². The third kappa shape index (κ3) is 4.66. The van der Waals surface area contributed by atoms with Gasteiger partial charge in [-0.15, -0.1) is 0 Å². The number of aliphatic hydroxyl groups excluding tert-OH is 2. The van der Waals surface area contributed by atoms with Crippen molar-refractivity contribution in [1.82, 2.24) is 15.5 Å². The molecular formula is C30H38N4O9. The second kappa shape index (κ2) is 11.3. The van der Waals surface area contributed by atoms with Crippen molar-refractivity contribution in [3.8, 4) is 11.5 Å². The summed E-state index contributed by atoms with van der Waals surface area (Å²) < 4.78 is 5.86. The van der Waals surface area contributed by atoms with Gasteiger partial charge in [0.15, 0.2) is 11.4 Å². The molecule has 1 saturated carbocycles. The van der Waals surface area contributed by atoms with Crippen molar-refractivity contribution in [1.29, 1.82) is 0 Å². The minimum absolute atomic E-state index is 0.00115. The van der Waals surface area contributed by atoms with Gasteiger partial charge in [-0.2, -0.15) is 0 Å². The molecule has 0 spiro atoms. The number of fused-ring (bicyclic) bond motifs is 3. The summed E-state index contributed by atoms with van der Waals surface area (Å²) in [4.78, 5) is 53.3. The number of phenols is 1. The minimum atomic E-state index is -2.76. The molecule has 0 bridgehead atoms. The number of primary amides is 1. The highest BCUT2D eigenvalue weighted by Crippen LogP contribution is 2.54. The van der Waals surface area contributed by atoms with Crippen molar-refractivity contribution < 1.29 is 44.3 Å². The summed E-state index contributed by atoms with van der Waals surface area (Å²) in [6.45, 7) is 5.22. The first-order chi connectivity index (χ1) is 20.4. The van der Waals surface area contributed by atoms with Gasteiger partial charge in [0.2, 0.25) is 11.7 Å². The number of aliphatic hydroxyl groups is 3. The highest BCUT2D eigenvalue weighted by atomic mass is 16.5. The van der Waals surface area contributed by atoms with Crippen LogP contribution in [0.25, 0.3) is 5.76 Å². The highest BCUT2D eigenvalue weighted by Gasteiger charge is 2.63. The molecule has 1 aromatic rings. The number of amides is 2. The van der Waals surface area contributed by atoms with Gasteiger partial charge in [0.05, 0.1) is 18.7 Å². The maximum atomic E-state index is 14.1. The number of ketones is 2. The fraction of sp³-hybridized carbons (Fsp3) is 0.533. The van der Waals surface area contributed by atoms with Crippen molar-refractivity contribution in [3.05, 3.63) is 39.7 Å². The molecule has 5 rings (SSSR count). The maximum absolute atomic E-state index is 14.1. The van der Waals surface area contributed by atoms with E-state index < -0.39 is 58.0 Å². The Bertz CT molecular complexity index is 1470. The van der Waals surface area contributed by atoms with Crippen LogP contribution in [0.5, 0.6) is 11.5 Å². The van der Waals surface area contributed by atoms with E-state index in [1.807, 2.05) is 0 Å². The highest BCUT2D eigenvalue weighted by molar-refractivity contribution is 6.24. The van der Waals surface area contributed by atoms with Crippen molar-refractivity contribution in [3.63, 3.8) is 0 Å². The van der Waals surface area contributed by atoms with Gasteiger partial charge >= 0.3 is 0 Å². The van der Waals surface area contributed by atoms with Gasteiger partial charge in [0.1, 0.15) is 28.6 Å². The number of Topliss-reactive ketones (excluding diaryl/α,β-unsaturated/α-hetero) is 2. The molecule has 0 radical (unpaired) electrons. The monoisotopic (exact) mass is 598 g/mol. The summed E-state index contributed by atoms with van der Waals surface area (Å²) in [7, 11) is 1.51. The molecule has 0 unspecified atom stereocenters. The largest absolute Gasteiger partial charge is 0.508 e.